The van der Waals surface area contributed by atoms with Crippen LogP contribution in [0, 0.1) is 0 Å². The number of pyridine rings is 1. The summed E-state index contributed by atoms with van der Waals surface area (Å²) in [7, 11) is 0. The van der Waals surface area contributed by atoms with Gasteiger partial charge in [-0.3, -0.25) is 9.78 Å². The lowest BCUT2D eigenvalue weighted by atomic mass is 10.0. The molecule has 28 heavy (non-hydrogen) atoms. The van der Waals surface area contributed by atoms with Gasteiger partial charge in [-0.1, -0.05) is 18.2 Å². The number of hydrogen-bond donors (Lipinski definition) is 1. The number of aromatic nitrogens is 2. The van der Waals surface area contributed by atoms with Gasteiger partial charge in [0.1, 0.15) is 0 Å². The van der Waals surface area contributed by atoms with Gasteiger partial charge in [-0.15, -0.1) is 36.2 Å². The van der Waals surface area contributed by atoms with E-state index in [-0.39, 0.29) is 36.8 Å². The number of piperazine rings is 1. The molecule has 0 saturated carbocycles. The molecule has 1 N–H and O–H groups in total. The van der Waals surface area contributed by atoms with Gasteiger partial charge in [-0.05, 0) is 36.6 Å². The highest BCUT2D eigenvalue weighted by Crippen LogP contribution is 2.25. The standard InChI is InChI=1S/C20H22N4OS.2ClH/c25-20(9-3-8-19-23-16-6-1-2-7-18(16)26-19)24-12-11-22-14-17(24)15-5-4-10-21-13-15;;/h1-2,4-7,10,13,17,22H,3,8-9,11-12,14H2;2*1H. The third kappa shape index (κ3) is 5.20. The average molecular weight is 439 g/mol. The van der Waals surface area contributed by atoms with E-state index in [1.54, 1.807) is 17.5 Å². The zero-order valence-corrected chi connectivity index (χ0v) is 17.9. The number of nitrogens with zero attached hydrogens (tertiary/aromatic N) is 3. The number of benzene rings is 1. The number of nitrogens with one attached hydrogen (secondary N) is 1. The van der Waals surface area contributed by atoms with Gasteiger partial charge in [0, 0.05) is 38.4 Å². The normalized spacial score (nSPS) is 16.3. The Morgan fingerprint density at radius 1 is 1.21 bits per heavy atom. The van der Waals surface area contributed by atoms with Crippen LogP contribution in [0.15, 0.2) is 48.8 Å². The first-order valence-corrected chi connectivity index (χ1v) is 9.87. The molecule has 1 fully saturated rings. The Morgan fingerprint density at radius 2 is 2.07 bits per heavy atom. The van der Waals surface area contributed by atoms with Crippen molar-refractivity contribution in [1.82, 2.24) is 20.2 Å². The van der Waals surface area contributed by atoms with E-state index in [2.05, 4.69) is 21.4 Å². The molecule has 0 radical (unpaired) electrons. The van der Waals surface area contributed by atoms with Crippen LogP contribution >= 0.6 is 36.2 Å². The predicted molar refractivity (Wildman–Crippen MR) is 119 cm³/mol. The molecule has 1 aliphatic rings. The van der Waals surface area contributed by atoms with Gasteiger partial charge in [0.05, 0.1) is 21.3 Å². The van der Waals surface area contributed by atoms with E-state index >= 15 is 0 Å². The third-order valence-corrected chi connectivity index (χ3v) is 5.85. The van der Waals surface area contributed by atoms with Crippen molar-refractivity contribution in [1.29, 1.82) is 0 Å². The van der Waals surface area contributed by atoms with Crippen molar-refractivity contribution < 1.29 is 4.79 Å². The zero-order valence-electron chi connectivity index (χ0n) is 15.4. The van der Waals surface area contributed by atoms with Crippen molar-refractivity contribution in [3.05, 3.63) is 59.4 Å². The van der Waals surface area contributed by atoms with Crippen LogP contribution < -0.4 is 5.32 Å². The van der Waals surface area contributed by atoms with E-state index in [4.69, 9.17) is 0 Å². The van der Waals surface area contributed by atoms with Gasteiger partial charge in [-0.25, -0.2) is 4.98 Å². The number of hydrogen-bond acceptors (Lipinski definition) is 5. The second kappa shape index (κ2) is 10.7. The molecule has 150 valence electrons. The summed E-state index contributed by atoms with van der Waals surface area (Å²) in [4.78, 5) is 23.7. The molecule has 2 aromatic heterocycles. The number of carbonyl (C=O) groups excluding carboxylic acids is 1. The minimum absolute atomic E-state index is 0. The summed E-state index contributed by atoms with van der Waals surface area (Å²) in [5.74, 6) is 0.224. The van der Waals surface area contributed by atoms with E-state index < -0.39 is 0 Å². The number of amides is 1. The summed E-state index contributed by atoms with van der Waals surface area (Å²) in [5, 5.41) is 4.50. The number of thiazole rings is 1. The zero-order chi connectivity index (χ0) is 17.8. The Balaban J connectivity index is 0.00000140. The van der Waals surface area contributed by atoms with Crippen LogP contribution in [0.2, 0.25) is 0 Å². The van der Waals surface area contributed by atoms with E-state index in [1.165, 1.54) is 4.70 Å². The van der Waals surface area contributed by atoms with Crippen LogP contribution in [-0.4, -0.2) is 40.4 Å². The fourth-order valence-electron chi connectivity index (χ4n) is 3.44. The second-order valence-electron chi connectivity index (χ2n) is 6.52. The summed E-state index contributed by atoms with van der Waals surface area (Å²) in [5.41, 5.74) is 2.15. The topological polar surface area (TPSA) is 58.1 Å². The molecule has 5 nitrogen and oxygen atoms in total. The second-order valence-corrected chi connectivity index (χ2v) is 7.64. The maximum atomic E-state index is 12.8. The lowest BCUT2D eigenvalue weighted by Crippen LogP contribution is -2.48. The van der Waals surface area contributed by atoms with Crippen molar-refractivity contribution in [2.24, 2.45) is 0 Å². The Hall–Kier alpha value is -1.73. The molecule has 4 rings (SSSR count). The van der Waals surface area contributed by atoms with Gasteiger partial charge >= 0.3 is 0 Å². The van der Waals surface area contributed by atoms with Gasteiger partial charge < -0.3 is 10.2 Å². The number of carbonyl (C=O) groups is 1. The minimum atomic E-state index is 0. The van der Waals surface area contributed by atoms with E-state index in [1.807, 2.05) is 41.4 Å². The summed E-state index contributed by atoms with van der Waals surface area (Å²) in [6, 6.07) is 12.2. The highest BCUT2D eigenvalue weighted by molar-refractivity contribution is 7.18. The number of rotatable bonds is 5. The molecule has 1 atom stereocenters. The Labute approximate surface area is 181 Å². The molecule has 0 bridgehead atoms. The molecule has 1 aliphatic heterocycles. The average Bonchev–Trinajstić information content (AvgIpc) is 3.11. The molecular weight excluding hydrogens is 415 g/mol. The molecule has 0 aliphatic carbocycles. The Kier molecular flexibility index (Phi) is 8.63. The highest BCUT2D eigenvalue weighted by Gasteiger charge is 2.27. The van der Waals surface area contributed by atoms with Gasteiger partial charge in [0.25, 0.3) is 0 Å². The van der Waals surface area contributed by atoms with E-state index in [0.29, 0.717) is 6.42 Å². The Morgan fingerprint density at radius 3 is 2.86 bits per heavy atom. The fraction of sp³-hybridized carbons (Fsp3) is 0.350. The summed E-state index contributed by atoms with van der Waals surface area (Å²) in [6.07, 6.45) is 5.88. The van der Waals surface area contributed by atoms with Gasteiger partial charge in [-0.2, -0.15) is 0 Å². The third-order valence-electron chi connectivity index (χ3n) is 4.75. The van der Waals surface area contributed by atoms with Crippen LogP contribution in [-0.2, 0) is 11.2 Å². The fourth-order valence-corrected chi connectivity index (χ4v) is 4.44. The predicted octanol–water partition coefficient (Wildman–Crippen LogP) is 4.03. The van der Waals surface area contributed by atoms with E-state index in [0.717, 1.165) is 48.6 Å². The van der Waals surface area contributed by atoms with Gasteiger partial charge in [0.2, 0.25) is 5.91 Å². The first-order valence-electron chi connectivity index (χ1n) is 9.06. The van der Waals surface area contributed by atoms with Crippen LogP contribution in [0.25, 0.3) is 10.2 Å². The maximum Gasteiger partial charge on any atom is 0.223 e. The molecule has 1 aromatic carbocycles. The van der Waals surface area contributed by atoms with Crippen molar-refractivity contribution in [3.63, 3.8) is 0 Å². The van der Waals surface area contributed by atoms with Gasteiger partial charge in [0.15, 0.2) is 0 Å². The lowest BCUT2D eigenvalue weighted by molar-refractivity contribution is -0.134. The summed E-state index contributed by atoms with van der Waals surface area (Å²) in [6.45, 7) is 2.38. The molecule has 0 spiro atoms. The van der Waals surface area contributed by atoms with Crippen LogP contribution in [0.4, 0.5) is 0 Å². The van der Waals surface area contributed by atoms with Crippen molar-refractivity contribution in [3.8, 4) is 0 Å². The molecule has 1 unspecified atom stereocenters. The van der Waals surface area contributed by atoms with E-state index in [9.17, 15) is 4.79 Å². The Bertz CT molecular complexity index is 857. The number of aryl methyl sites for hydroxylation is 1. The highest BCUT2D eigenvalue weighted by atomic mass is 35.5. The molecule has 1 saturated heterocycles. The smallest absolute Gasteiger partial charge is 0.223 e. The maximum absolute atomic E-state index is 12.8. The first-order chi connectivity index (χ1) is 12.8. The number of halogens is 2. The quantitative estimate of drug-likeness (QED) is 0.652. The summed E-state index contributed by atoms with van der Waals surface area (Å²) >= 11 is 1.73. The molecule has 3 heterocycles. The number of fused-ring (bicyclic) bond motifs is 1. The lowest BCUT2D eigenvalue weighted by Gasteiger charge is -2.36. The molecule has 8 heteroatoms. The minimum Gasteiger partial charge on any atom is -0.333 e. The molecular formula is C20H24Cl2N4OS. The van der Waals surface area contributed by atoms with Crippen molar-refractivity contribution in [2.45, 2.75) is 25.3 Å². The molecule has 3 aromatic rings. The molecule has 1 amide bonds. The number of para-hydroxylation sites is 1. The van der Waals surface area contributed by atoms with Crippen LogP contribution in [0.1, 0.15) is 29.5 Å². The summed E-state index contributed by atoms with van der Waals surface area (Å²) < 4.78 is 1.22. The van der Waals surface area contributed by atoms with Crippen molar-refractivity contribution in [2.75, 3.05) is 19.6 Å². The van der Waals surface area contributed by atoms with Crippen LogP contribution in [0.3, 0.4) is 0 Å². The monoisotopic (exact) mass is 438 g/mol. The van der Waals surface area contributed by atoms with Crippen molar-refractivity contribution >= 4 is 52.3 Å². The first kappa shape index (κ1) is 22.6. The van der Waals surface area contributed by atoms with Crippen LogP contribution in [0.5, 0.6) is 0 Å². The SMILES string of the molecule is Cl.Cl.O=C(CCCc1nc2ccccc2s1)N1CCNCC1c1cccnc1. The largest absolute Gasteiger partial charge is 0.333 e.